The number of nitrogens with zero attached hydrogens (tertiary/aromatic N) is 1. The van der Waals surface area contributed by atoms with Gasteiger partial charge in [-0.25, -0.2) is 4.79 Å². The summed E-state index contributed by atoms with van der Waals surface area (Å²) in [6.45, 7) is 1.96. The fourth-order valence-electron chi connectivity index (χ4n) is 1.57. The zero-order valence-electron chi connectivity index (χ0n) is 11.0. The molecule has 0 bridgehead atoms. The van der Waals surface area contributed by atoms with Gasteiger partial charge in [0.15, 0.2) is 0 Å². The number of nitrogens with one attached hydrogen (secondary N) is 1. The molecule has 8 nitrogen and oxygen atoms in total. The van der Waals surface area contributed by atoms with Crippen molar-refractivity contribution < 1.29 is 24.4 Å². The summed E-state index contributed by atoms with van der Waals surface area (Å²) < 4.78 is 4.85. The molecule has 0 aliphatic rings. The van der Waals surface area contributed by atoms with Gasteiger partial charge in [-0.1, -0.05) is 0 Å². The zero-order chi connectivity index (χ0) is 15.3. The van der Waals surface area contributed by atoms with Gasteiger partial charge >= 0.3 is 5.97 Å². The van der Waals surface area contributed by atoms with Gasteiger partial charge in [-0.2, -0.15) is 0 Å². The summed E-state index contributed by atoms with van der Waals surface area (Å²) in [4.78, 5) is 32.8. The van der Waals surface area contributed by atoms with Gasteiger partial charge in [-0.05, 0) is 13.0 Å². The standard InChI is InChI=1S/C12H14N2O6/c1-7(6-20-2)13-11(15)8-3-9(12(16)17)5-10(4-8)14(18)19/h3-5,7H,6H2,1-2H3,(H,13,15)(H,16,17)/t7-/m1/s1. The van der Waals surface area contributed by atoms with Crippen molar-refractivity contribution in [1.82, 2.24) is 5.32 Å². The van der Waals surface area contributed by atoms with E-state index in [1.165, 1.54) is 7.11 Å². The molecule has 1 amide bonds. The number of amides is 1. The molecule has 0 aromatic heterocycles. The molecule has 0 aliphatic carbocycles. The van der Waals surface area contributed by atoms with Gasteiger partial charge in [0.2, 0.25) is 0 Å². The zero-order valence-corrected chi connectivity index (χ0v) is 11.0. The molecule has 1 atom stereocenters. The number of non-ortho nitro benzene ring substituents is 1. The van der Waals surface area contributed by atoms with E-state index >= 15 is 0 Å². The number of nitro benzene ring substituents is 1. The van der Waals surface area contributed by atoms with E-state index in [2.05, 4.69) is 5.32 Å². The Balaban J connectivity index is 3.07. The third kappa shape index (κ3) is 4.02. The number of carbonyl (C=O) groups is 2. The van der Waals surface area contributed by atoms with Gasteiger partial charge in [0.25, 0.3) is 11.6 Å². The van der Waals surface area contributed by atoms with Crippen LogP contribution in [0, 0.1) is 10.1 Å². The van der Waals surface area contributed by atoms with Crippen LogP contribution >= 0.6 is 0 Å². The molecule has 108 valence electrons. The molecule has 0 unspecified atom stereocenters. The summed E-state index contributed by atoms with van der Waals surface area (Å²) in [7, 11) is 1.47. The number of hydrogen-bond acceptors (Lipinski definition) is 5. The first-order valence-electron chi connectivity index (χ1n) is 5.67. The van der Waals surface area contributed by atoms with E-state index in [1.54, 1.807) is 6.92 Å². The Hall–Kier alpha value is -2.48. The lowest BCUT2D eigenvalue weighted by molar-refractivity contribution is -0.384. The molecular formula is C12H14N2O6. The maximum Gasteiger partial charge on any atom is 0.335 e. The summed E-state index contributed by atoms with van der Waals surface area (Å²) in [5.41, 5.74) is -0.849. The second-order valence-corrected chi connectivity index (χ2v) is 4.16. The number of benzene rings is 1. The number of carboxylic acid groups (broad SMARTS) is 1. The van der Waals surface area contributed by atoms with Crippen molar-refractivity contribution in [2.45, 2.75) is 13.0 Å². The molecule has 0 radical (unpaired) electrons. The normalized spacial score (nSPS) is 11.7. The molecule has 2 N–H and O–H groups in total. The minimum Gasteiger partial charge on any atom is -0.478 e. The van der Waals surface area contributed by atoms with Crippen molar-refractivity contribution in [3.05, 3.63) is 39.4 Å². The van der Waals surface area contributed by atoms with Crippen LogP contribution in [0.5, 0.6) is 0 Å². The van der Waals surface area contributed by atoms with Crippen LogP contribution in [0.4, 0.5) is 5.69 Å². The average molecular weight is 282 g/mol. The first-order chi connectivity index (χ1) is 9.35. The van der Waals surface area contributed by atoms with Crippen LogP contribution in [0.15, 0.2) is 18.2 Å². The predicted molar refractivity (Wildman–Crippen MR) is 68.9 cm³/mol. The van der Waals surface area contributed by atoms with E-state index in [0.29, 0.717) is 0 Å². The van der Waals surface area contributed by atoms with Gasteiger partial charge < -0.3 is 15.2 Å². The lowest BCUT2D eigenvalue weighted by atomic mass is 10.1. The number of carbonyl (C=O) groups excluding carboxylic acids is 1. The molecule has 0 heterocycles. The van der Waals surface area contributed by atoms with Crippen molar-refractivity contribution in [2.75, 3.05) is 13.7 Å². The first-order valence-corrected chi connectivity index (χ1v) is 5.67. The van der Waals surface area contributed by atoms with Crippen molar-refractivity contribution in [3.63, 3.8) is 0 Å². The molecule has 1 aromatic carbocycles. The molecular weight excluding hydrogens is 268 g/mol. The quantitative estimate of drug-likeness (QED) is 0.594. The third-order valence-corrected chi connectivity index (χ3v) is 2.43. The number of hydrogen-bond donors (Lipinski definition) is 2. The van der Waals surface area contributed by atoms with E-state index in [-0.39, 0.29) is 23.8 Å². The van der Waals surface area contributed by atoms with Crippen LogP contribution in [0.3, 0.4) is 0 Å². The molecule has 1 aromatic rings. The third-order valence-electron chi connectivity index (χ3n) is 2.43. The number of aromatic carboxylic acids is 1. The number of methoxy groups -OCH3 is 1. The van der Waals surface area contributed by atoms with Crippen LogP contribution in [0.2, 0.25) is 0 Å². The molecule has 8 heteroatoms. The van der Waals surface area contributed by atoms with Gasteiger partial charge in [0.05, 0.1) is 17.1 Å². The molecule has 0 aliphatic heterocycles. The second-order valence-electron chi connectivity index (χ2n) is 4.16. The Bertz CT molecular complexity index is 510. The second kappa shape index (κ2) is 6.62. The highest BCUT2D eigenvalue weighted by Crippen LogP contribution is 2.17. The van der Waals surface area contributed by atoms with E-state index in [0.717, 1.165) is 18.2 Å². The van der Waals surface area contributed by atoms with Crippen LogP contribution in [0.1, 0.15) is 27.6 Å². The smallest absolute Gasteiger partial charge is 0.335 e. The van der Waals surface area contributed by atoms with Gasteiger partial charge in [-0.15, -0.1) is 0 Å². The van der Waals surface area contributed by atoms with Crippen molar-refractivity contribution in [1.29, 1.82) is 0 Å². The van der Waals surface area contributed by atoms with E-state index < -0.39 is 22.5 Å². The van der Waals surface area contributed by atoms with Crippen LogP contribution < -0.4 is 5.32 Å². The van der Waals surface area contributed by atoms with Crippen LogP contribution in [-0.2, 0) is 4.74 Å². The summed E-state index contributed by atoms with van der Waals surface area (Å²) in [5.74, 6) is -1.94. The number of ether oxygens (including phenoxy) is 1. The van der Waals surface area contributed by atoms with E-state index in [1.807, 2.05) is 0 Å². The lowest BCUT2D eigenvalue weighted by Crippen LogP contribution is -2.35. The number of carboxylic acids is 1. The minimum atomic E-state index is -1.34. The van der Waals surface area contributed by atoms with Crippen molar-refractivity contribution in [2.24, 2.45) is 0 Å². The van der Waals surface area contributed by atoms with Crippen LogP contribution in [-0.4, -0.2) is 41.7 Å². The highest BCUT2D eigenvalue weighted by atomic mass is 16.6. The maximum absolute atomic E-state index is 11.9. The monoisotopic (exact) mass is 282 g/mol. The SMILES string of the molecule is COC[C@@H](C)NC(=O)c1cc(C(=O)O)cc([N+](=O)[O-])c1. The molecule has 20 heavy (non-hydrogen) atoms. The Kier molecular flexibility index (Phi) is 5.15. The highest BCUT2D eigenvalue weighted by molar-refractivity contribution is 5.98. The summed E-state index contributed by atoms with van der Waals surface area (Å²) in [5, 5.41) is 22.2. The first kappa shape index (κ1) is 15.6. The lowest BCUT2D eigenvalue weighted by Gasteiger charge is -2.12. The Morgan fingerprint density at radius 2 is 2.00 bits per heavy atom. The van der Waals surface area contributed by atoms with Gasteiger partial charge in [-0.3, -0.25) is 14.9 Å². The Morgan fingerprint density at radius 3 is 2.50 bits per heavy atom. The number of nitro groups is 1. The van der Waals surface area contributed by atoms with E-state index in [9.17, 15) is 19.7 Å². The molecule has 1 rings (SSSR count). The maximum atomic E-state index is 11.9. The van der Waals surface area contributed by atoms with E-state index in [4.69, 9.17) is 9.84 Å². The summed E-state index contributed by atoms with van der Waals surface area (Å²) >= 11 is 0. The molecule has 0 fully saturated rings. The van der Waals surface area contributed by atoms with Gasteiger partial charge in [0.1, 0.15) is 0 Å². The fourth-order valence-corrected chi connectivity index (χ4v) is 1.57. The highest BCUT2D eigenvalue weighted by Gasteiger charge is 2.18. The number of rotatable bonds is 6. The minimum absolute atomic E-state index is 0.0837. The summed E-state index contributed by atoms with van der Waals surface area (Å²) in [6, 6.07) is 2.71. The largest absolute Gasteiger partial charge is 0.478 e. The van der Waals surface area contributed by atoms with Crippen molar-refractivity contribution >= 4 is 17.6 Å². The Morgan fingerprint density at radius 1 is 1.40 bits per heavy atom. The molecule has 0 spiro atoms. The fraction of sp³-hybridized carbons (Fsp3) is 0.333. The molecule has 0 saturated carbocycles. The van der Waals surface area contributed by atoms with Crippen molar-refractivity contribution in [3.8, 4) is 0 Å². The predicted octanol–water partition coefficient (Wildman–Crippen LogP) is 1.06. The average Bonchev–Trinajstić information content (AvgIpc) is 2.38. The summed E-state index contributed by atoms with van der Waals surface area (Å²) in [6.07, 6.45) is 0. The topological polar surface area (TPSA) is 119 Å². The van der Waals surface area contributed by atoms with Crippen LogP contribution in [0.25, 0.3) is 0 Å². The van der Waals surface area contributed by atoms with Gasteiger partial charge in [0, 0.05) is 30.8 Å². The Labute approximate surface area is 114 Å². The molecule has 0 saturated heterocycles.